The second kappa shape index (κ2) is 7.21. The highest BCUT2D eigenvalue weighted by atomic mass is 79.9. The lowest BCUT2D eigenvalue weighted by molar-refractivity contribution is -0.128. The molecule has 3 heteroatoms. The predicted molar refractivity (Wildman–Crippen MR) is 117 cm³/mol. The average molecular weight is 432 g/mol. The van der Waals surface area contributed by atoms with Crippen molar-refractivity contribution >= 4 is 27.4 Å². The lowest BCUT2D eigenvalue weighted by Gasteiger charge is -2.52. The molecule has 1 saturated carbocycles. The zero-order valence-corrected chi connectivity index (χ0v) is 17.2. The van der Waals surface area contributed by atoms with E-state index in [1.807, 2.05) is 6.07 Å². The normalized spacial score (nSPS) is 23.8. The highest BCUT2D eigenvalue weighted by Crippen LogP contribution is 2.48. The SMILES string of the molecule is O=C1C[C@H]2CC[C@@H]1[C@@H](c1ccc(-c3ccccc3)cc1)N2c1ccc(Br)cc1. The second-order valence-electron chi connectivity index (χ2n) is 7.82. The molecule has 0 amide bonds. The summed E-state index contributed by atoms with van der Waals surface area (Å²) in [6, 6.07) is 28.2. The Labute approximate surface area is 174 Å². The Morgan fingerprint density at radius 2 is 1.46 bits per heavy atom. The predicted octanol–water partition coefficient (Wildman–Crippen LogP) is 6.42. The summed E-state index contributed by atoms with van der Waals surface area (Å²) in [4.78, 5) is 15.2. The molecular formula is C25H22BrNO. The van der Waals surface area contributed by atoms with Gasteiger partial charge in [0.05, 0.1) is 6.04 Å². The number of carbonyl (C=O) groups excluding carboxylic acids is 1. The summed E-state index contributed by atoms with van der Waals surface area (Å²) in [7, 11) is 0. The van der Waals surface area contributed by atoms with Crippen LogP contribution in [-0.2, 0) is 4.79 Å². The number of halogens is 1. The van der Waals surface area contributed by atoms with Crippen LogP contribution in [0.4, 0.5) is 5.69 Å². The van der Waals surface area contributed by atoms with Crippen molar-refractivity contribution in [3.05, 3.63) is 88.9 Å². The molecule has 3 atom stereocenters. The van der Waals surface area contributed by atoms with Crippen LogP contribution in [0.3, 0.4) is 0 Å². The molecule has 0 unspecified atom stereocenters. The number of Topliss-reactive ketones (excluding diaryl/α,β-unsaturated/α-hetero) is 1. The fourth-order valence-corrected chi connectivity index (χ4v) is 5.16. The van der Waals surface area contributed by atoms with Gasteiger partial charge in [0.15, 0.2) is 0 Å². The van der Waals surface area contributed by atoms with E-state index in [2.05, 4.69) is 93.6 Å². The van der Waals surface area contributed by atoms with Crippen molar-refractivity contribution in [2.24, 2.45) is 5.92 Å². The third-order valence-electron chi connectivity index (χ3n) is 6.22. The third kappa shape index (κ3) is 3.08. The van der Waals surface area contributed by atoms with E-state index >= 15 is 0 Å². The van der Waals surface area contributed by atoms with Gasteiger partial charge in [0.2, 0.25) is 0 Å². The molecule has 0 radical (unpaired) electrons. The Bertz CT molecular complexity index is 981. The Balaban J connectivity index is 1.53. The Kier molecular flexibility index (Phi) is 4.56. The smallest absolute Gasteiger partial charge is 0.140 e. The molecule has 0 spiro atoms. The van der Waals surface area contributed by atoms with Crippen molar-refractivity contribution in [1.82, 2.24) is 0 Å². The van der Waals surface area contributed by atoms with Crippen molar-refractivity contribution < 1.29 is 4.79 Å². The molecule has 1 aliphatic carbocycles. The van der Waals surface area contributed by atoms with Crippen LogP contribution in [0.5, 0.6) is 0 Å². The molecule has 6 rings (SSSR count). The lowest BCUT2D eigenvalue weighted by Crippen LogP contribution is -2.54. The molecule has 3 aromatic carbocycles. The van der Waals surface area contributed by atoms with Gasteiger partial charge in [-0.05, 0) is 53.8 Å². The molecule has 0 N–H and O–H groups in total. The number of nitrogens with zero attached hydrogens (tertiary/aromatic N) is 1. The number of benzene rings is 3. The summed E-state index contributed by atoms with van der Waals surface area (Å²) in [5, 5.41) is 0. The minimum absolute atomic E-state index is 0.0937. The first-order valence-electron chi connectivity index (χ1n) is 9.93. The highest BCUT2D eigenvalue weighted by molar-refractivity contribution is 9.10. The monoisotopic (exact) mass is 431 g/mol. The highest BCUT2D eigenvalue weighted by Gasteiger charge is 2.47. The second-order valence-corrected chi connectivity index (χ2v) is 8.74. The maximum atomic E-state index is 12.7. The Morgan fingerprint density at radius 1 is 0.786 bits per heavy atom. The molecule has 2 aliphatic heterocycles. The summed E-state index contributed by atoms with van der Waals surface area (Å²) < 4.78 is 1.08. The van der Waals surface area contributed by atoms with Crippen molar-refractivity contribution in [3.63, 3.8) is 0 Å². The first-order valence-corrected chi connectivity index (χ1v) is 10.7. The van der Waals surface area contributed by atoms with E-state index in [0.717, 1.165) is 17.3 Å². The Hall–Kier alpha value is -2.39. The summed E-state index contributed by atoms with van der Waals surface area (Å²) in [5.41, 5.74) is 4.89. The van der Waals surface area contributed by atoms with Crippen LogP contribution in [0.2, 0.25) is 0 Å². The van der Waals surface area contributed by atoms with Gasteiger partial charge in [-0.25, -0.2) is 0 Å². The van der Waals surface area contributed by atoms with E-state index in [9.17, 15) is 4.79 Å². The van der Waals surface area contributed by atoms with E-state index < -0.39 is 0 Å². The van der Waals surface area contributed by atoms with Crippen LogP contribution in [-0.4, -0.2) is 11.8 Å². The molecular weight excluding hydrogens is 410 g/mol. The molecule has 3 aromatic rings. The van der Waals surface area contributed by atoms with Gasteiger partial charge in [0, 0.05) is 28.5 Å². The van der Waals surface area contributed by atoms with E-state index in [1.165, 1.54) is 22.4 Å². The number of hydrogen-bond acceptors (Lipinski definition) is 2. The zero-order valence-electron chi connectivity index (χ0n) is 15.6. The third-order valence-corrected chi connectivity index (χ3v) is 6.75. The number of anilines is 1. The molecule has 2 heterocycles. The summed E-state index contributed by atoms with van der Waals surface area (Å²) in [5.74, 6) is 0.526. The van der Waals surface area contributed by atoms with Gasteiger partial charge in [0.25, 0.3) is 0 Å². The number of rotatable bonds is 3. The average Bonchev–Trinajstić information content (AvgIpc) is 2.75. The Morgan fingerprint density at radius 3 is 2.14 bits per heavy atom. The van der Waals surface area contributed by atoms with Crippen molar-refractivity contribution in [2.45, 2.75) is 31.3 Å². The molecule has 3 aliphatic rings. The van der Waals surface area contributed by atoms with Gasteiger partial charge in [0.1, 0.15) is 5.78 Å². The van der Waals surface area contributed by atoms with E-state index in [0.29, 0.717) is 18.2 Å². The molecule has 2 bridgehead atoms. The quantitative estimate of drug-likeness (QED) is 0.476. The van der Waals surface area contributed by atoms with E-state index in [-0.39, 0.29) is 12.0 Å². The minimum Gasteiger partial charge on any atom is -0.360 e. The maximum absolute atomic E-state index is 12.7. The first-order chi connectivity index (χ1) is 13.7. The van der Waals surface area contributed by atoms with Gasteiger partial charge in [-0.15, -0.1) is 0 Å². The van der Waals surface area contributed by atoms with Crippen molar-refractivity contribution in [1.29, 1.82) is 0 Å². The van der Waals surface area contributed by atoms with Crippen LogP contribution < -0.4 is 4.90 Å². The fraction of sp³-hybridized carbons (Fsp3) is 0.240. The maximum Gasteiger partial charge on any atom is 0.140 e. The van der Waals surface area contributed by atoms with Crippen LogP contribution in [0.15, 0.2) is 83.3 Å². The number of carbonyl (C=O) groups is 1. The topological polar surface area (TPSA) is 20.3 Å². The standard InChI is InChI=1S/C25H22BrNO/c26-20-10-12-21(13-11-20)27-22-14-15-23(24(28)16-22)25(27)19-8-6-18(7-9-19)17-4-2-1-3-5-17/h1-13,22-23,25H,14-16H2/t22-,23+,25-/m1/s1. The molecule has 2 saturated heterocycles. The fourth-order valence-electron chi connectivity index (χ4n) is 4.89. The van der Waals surface area contributed by atoms with Gasteiger partial charge in [-0.3, -0.25) is 4.79 Å². The van der Waals surface area contributed by atoms with E-state index in [1.54, 1.807) is 0 Å². The van der Waals surface area contributed by atoms with Crippen molar-refractivity contribution in [2.75, 3.05) is 4.90 Å². The number of piperidine rings is 2. The van der Waals surface area contributed by atoms with Gasteiger partial charge < -0.3 is 4.90 Å². The van der Waals surface area contributed by atoms with Crippen LogP contribution in [0.1, 0.15) is 30.9 Å². The molecule has 140 valence electrons. The minimum atomic E-state index is 0.0937. The zero-order chi connectivity index (χ0) is 19.1. The van der Waals surface area contributed by atoms with E-state index in [4.69, 9.17) is 0 Å². The van der Waals surface area contributed by atoms with Crippen LogP contribution in [0.25, 0.3) is 11.1 Å². The van der Waals surface area contributed by atoms with Gasteiger partial charge >= 0.3 is 0 Å². The largest absolute Gasteiger partial charge is 0.360 e. The number of fused-ring (bicyclic) bond motifs is 3. The summed E-state index contributed by atoms with van der Waals surface area (Å²) in [6.45, 7) is 0. The summed E-state index contributed by atoms with van der Waals surface area (Å²) in [6.07, 6.45) is 2.78. The lowest BCUT2D eigenvalue weighted by atomic mass is 9.71. The molecule has 3 fully saturated rings. The number of ketones is 1. The molecule has 28 heavy (non-hydrogen) atoms. The summed E-state index contributed by atoms with van der Waals surface area (Å²) >= 11 is 3.54. The van der Waals surface area contributed by atoms with Crippen LogP contribution in [0, 0.1) is 5.92 Å². The van der Waals surface area contributed by atoms with Gasteiger partial charge in [-0.1, -0.05) is 70.5 Å². The number of hydrogen-bond donors (Lipinski definition) is 0. The molecule has 0 aromatic heterocycles. The van der Waals surface area contributed by atoms with Crippen LogP contribution >= 0.6 is 15.9 Å². The molecule has 2 nitrogen and oxygen atoms in total. The van der Waals surface area contributed by atoms with Crippen molar-refractivity contribution in [3.8, 4) is 11.1 Å². The van der Waals surface area contributed by atoms with Gasteiger partial charge in [-0.2, -0.15) is 0 Å². The first kappa shape index (κ1) is 17.7.